The van der Waals surface area contributed by atoms with E-state index in [1.807, 2.05) is 0 Å². The van der Waals surface area contributed by atoms with E-state index in [4.69, 9.17) is 16.0 Å². The van der Waals surface area contributed by atoms with Crippen LogP contribution in [-0.4, -0.2) is 28.4 Å². The summed E-state index contributed by atoms with van der Waals surface area (Å²) in [5.41, 5.74) is 0.543. The Labute approximate surface area is 116 Å². The van der Waals surface area contributed by atoms with Crippen molar-refractivity contribution in [2.24, 2.45) is 0 Å². The lowest BCUT2D eigenvalue weighted by molar-refractivity contribution is 0.473. The molecular weight excluding hydrogens is 266 g/mol. The average molecular weight is 282 g/mol. The summed E-state index contributed by atoms with van der Waals surface area (Å²) in [6.45, 7) is 3.88. The number of benzene rings is 1. The fraction of sp³-hybridized carbons (Fsp3) is 0.385. The molecule has 0 radical (unpaired) electrons. The van der Waals surface area contributed by atoms with Crippen LogP contribution in [0.4, 0.5) is 0 Å². The predicted octanol–water partition coefficient (Wildman–Crippen LogP) is 2.64. The van der Waals surface area contributed by atoms with Crippen LogP contribution in [0.15, 0.2) is 22.6 Å². The van der Waals surface area contributed by atoms with Crippen LogP contribution in [0.25, 0.3) is 11.5 Å². The average Bonchev–Trinajstić information content (AvgIpc) is 2.86. The minimum atomic E-state index is 0.115. The molecule has 0 unspecified atom stereocenters. The molecule has 0 spiro atoms. The van der Waals surface area contributed by atoms with Crippen molar-refractivity contribution in [1.29, 1.82) is 0 Å². The van der Waals surface area contributed by atoms with Gasteiger partial charge in [-0.2, -0.15) is 0 Å². The highest BCUT2D eigenvalue weighted by molar-refractivity contribution is 6.33. The molecule has 0 aliphatic rings. The van der Waals surface area contributed by atoms with Crippen LogP contribution in [0.1, 0.15) is 19.2 Å². The van der Waals surface area contributed by atoms with Crippen molar-refractivity contribution in [3.8, 4) is 17.2 Å². The maximum absolute atomic E-state index is 9.45. The lowest BCUT2D eigenvalue weighted by atomic mass is 10.2. The first-order chi connectivity index (χ1) is 9.20. The molecule has 0 atom stereocenters. The predicted molar refractivity (Wildman–Crippen MR) is 73.3 cm³/mol. The Morgan fingerprint density at radius 3 is 2.95 bits per heavy atom. The fourth-order valence-corrected chi connectivity index (χ4v) is 1.84. The molecule has 1 heterocycles. The molecule has 2 rings (SSSR count). The van der Waals surface area contributed by atoms with E-state index in [1.165, 1.54) is 12.1 Å². The summed E-state index contributed by atoms with van der Waals surface area (Å²) < 4.78 is 5.53. The van der Waals surface area contributed by atoms with E-state index in [0.717, 1.165) is 19.5 Å². The zero-order chi connectivity index (χ0) is 13.7. The van der Waals surface area contributed by atoms with Gasteiger partial charge >= 0.3 is 0 Å². The van der Waals surface area contributed by atoms with Gasteiger partial charge < -0.3 is 14.8 Å². The van der Waals surface area contributed by atoms with Crippen molar-refractivity contribution in [2.75, 3.05) is 13.1 Å². The molecule has 1 aromatic heterocycles. The molecule has 0 amide bonds. The topological polar surface area (TPSA) is 71.2 Å². The van der Waals surface area contributed by atoms with Crippen LogP contribution < -0.4 is 5.32 Å². The number of nitrogens with zero attached hydrogens (tertiary/aromatic N) is 2. The Kier molecular flexibility index (Phi) is 4.76. The molecule has 19 heavy (non-hydrogen) atoms. The minimum absolute atomic E-state index is 0.115. The van der Waals surface area contributed by atoms with Gasteiger partial charge in [-0.05, 0) is 31.2 Å². The molecule has 5 nitrogen and oxygen atoms in total. The Bertz CT molecular complexity index is 542. The van der Waals surface area contributed by atoms with Gasteiger partial charge in [-0.1, -0.05) is 18.5 Å². The molecule has 102 valence electrons. The highest BCUT2D eigenvalue weighted by Crippen LogP contribution is 2.30. The van der Waals surface area contributed by atoms with Crippen LogP contribution in [0.2, 0.25) is 5.02 Å². The summed E-state index contributed by atoms with van der Waals surface area (Å²) in [4.78, 5) is 0. The van der Waals surface area contributed by atoms with Gasteiger partial charge in [0.2, 0.25) is 11.8 Å². The van der Waals surface area contributed by atoms with Crippen LogP contribution >= 0.6 is 11.6 Å². The van der Waals surface area contributed by atoms with Crippen LogP contribution in [0.3, 0.4) is 0 Å². The Hall–Kier alpha value is -1.59. The first-order valence-corrected chi connectivity index (χ1v) is 6.60. The van der Waals surface area contributed by atoms with Crippen LogP contribution in [0, 0.1) is 0 Å². The summed E-state index contributed by atoms with van der Waals surface area (Å²) in [5, 5.41) is 21.1. The van der Waals surface area contributed by atoms with Gasteiger partial charge in [-0.25, -0.2) is 0 Å². The van der Waals surface area contributed by atoms with Crippen molar-refractivity contribution in [3.63, 3.8) is 0 Å². The standard InChI is InChI=1S/C13H16ClN3O2/c1-2-6-15-7-5-12-16-17-13(19-12)10-8-9(18)3-4-11(10)14/h3-4,8,15,18H,2,5-7H2,1H3. The number of aromatic nitrogens is 2. The third kappa shape index (κ3) is 3.68. The van der Waals surface area contributed by atoms with Crippen LogP contribution in [0.5, 0.6) is 5.75 Å². The van der Waals surface area contributed by atoms with E-state index in [-0.39, 0.29) is 5.75 Å². The van der Waals surface area contributed by atoms with E-state index in [0.29, 0.717) is 28.8 Å². The molecule has 0 saturated heterocycles. The monoisotopic (exact) mass is 281 g/mol. The Balaban J connectivity index is 2.06. The van der Waals surface area contributed by atoms with E-state index in [1.54, 1.807) is 6.07 Å². The minimum Gasteiger partial charge on any atom is -0.508 e. The maximum atomic E-state index is 9.45. The summed E-state index contributed by atoms with van der Waals surface area (Å²) in [5.74, 6) is 0.994. The van der Waals surface area contributed by atoms with Gasteiger partial charge in [0, 0.05) is 13.0 Å². The Morgan fingerprint density at radius 2 is 2.16 bits per heavy atom. The smallest absolute Gasteiger partial charge is 0.249 e. The largest absolute Gasteiger partial charge is 0.508 e. The van der Waals surface area contributed by atoms with Gasteiger partial charge in [0.1, 0.15) is 5.75 Å². The molecule has 2 aromatic rings. The molecule has 0 saturated carbocycles. The number of halogens is 1. The lowest BCUT2D eigenvalue weighted by Gasteiger charge is -2.00. The van der Waals surface area contributed by atoms with Gasteiger partial charge in [-0.3, -0.25) is 0 Å². The molecule has 6 heteroatoms. The van der Waals surface area contributed by atoms with Gasteiger partial charge in [0.05, 0.1) is 10.6 Å². The van der Waals surface area contributed by atoms with Crippen LogP contribution in [-0.2, 0) is 6.42 Å². The summed E-state index contributed by atoms with van der Waals surface area (Å²) in [7, 11) is 0. The number of aromatic hydroxyl groups is 1. The zero-order valence-electron chi connectivity index (χ0n) is 10.7. The Morgan fingerprint density at radius 1 is 1.32 bits per heavy atom. The van der Waals surface area contributed by atoms with E-state index < -0.39 is 0 Å². The highest BCUT2D eigenvalue weighted by atomic mass is 35.5. The van der Waals surface area contributed by atoms with E-state index in [2.05, 4.69) is 22.4 Å². The van der Waals surface area contributed by atoms with Crippen molar-refractivity contribution in [1.82, 2.24) is 15.5 Å². The van der Waals surface area contributed by atoms with Gasteiger partial charge in [0.15, 0.2) is 0 Å². The number of rotatable bonds is 6. The second-order valence-electron chi connectivity index (χ2n) is 4.17. The van der Waals surface area contributed by atoms with Crippen molar-refractivity contribution < 1.29 is 9.52 Å². The molecule has 0 bridgehead atoms. The first kappa shape index (κ1) is 13.8. The highest BCUT2D eigenvalue weighted by Gasteiger charge is 2.12. The maximum Gasteiger partial charge on any atom is 0.249 e. The summed E-state index contributed by atoms with van der Waals surface area (Å²) >= 11 is 6.03. The number of phenols is 1. The molecule has 2 N–H and O–H groups in total. The first-order valence-electron chi connectivity index (χ1n) is 6.22. The SMILES string of the molecule is CCCNCCc1nnc(-c2cc(O)ccc2Cl)o1. The fourth-order valence-electron chi connectivity index (χ4n) is 1.64. The number of hydrogen-bond acceptors (Lipinski definition) is 5. The number of nitrogens with one attached hydrogen (secondary N) is 1. The van der Waals surface area contributed by atoms with E-state index >= 15 is 0 Å². The molecule has 0 aliphatic heterocycles. The third-order valence-corrected chi connectivity index (χ3v) is 2.92. The molecule has 0 fully saturated rings. The second kappa shape index (κ2) is 6.54. The lowest BCUT2D eigenvalue weighted by Crippen LogP contribution is -2.17. The second-order valence-corrected chi connectivity index (χ2v) is 4.57. The van der Waals surface area contributed by atoms with Crippen molar-refractivity contribution in [2.45, 2.75) is 19.8 Å². The zero-order valence-corrected chi connectivity index (χ0v) is 11.4. The summed E-state index contributed by atoms with van der Waals surface area (Å²) in [6.07, 6.45) is 1.76. The normalized spacial score (nSPS) is 10.8. The quantitative estimate of drug-likeness (QED) is 0.797. The van der Waals surface area contributed by atoms with E-state index in [9.17, 15) is 5.11 Å². The van der Waals surface area contributed by atoms with Crippen molar-refractivity contribution >= 4 is 11.6 Å². The molecular formula is C13H16ClN3O2. The van der Waals surface area contributed by atoms with Crippen molar-refractivity contribution in [3.05, 3.63) is 29.1 Å². The molecule has 0 aliphatic carbocycles. The van der Waals surface area contributed by atoms with Gasteiger partial charge in [-0.15, -0.1) is 10.2 Å². The third-order valence-electron chi connectivity index (χ3n) is 2.59. The number of phenolic OH excluding ortho intramolecular Hbond substituents is 1. The molecule has 1 aromatic carbocycles. The summed E-state index contributed by atoms with van der Waals surface area (Å²) in [6, 6.07) is 4.62. The van der Waals surface area contributed by atoms with Gasteiger partial charge in [0.25, 0.3) is 0 Å². The number of hydrogen-bond donors (Lipinski definition) is 2.